The summed E-state index contributed by atoms with van der Waals surface area (Å²) in [5, 5.41) is 13.8. The first-order chi connectivity index (χ1) is 39.9. The lowest BCUT2D eigenvalue weighted by Crippen LogP contribution is -2.52. The first kappa shape index (κ1) is 75.2. The molecule has 0 aromatic carbocycles. The highest BCUT2D eigenvalue weighted by molar-refractivity contribution is 5.94. The summed E-state index contributed by atoms with van der Waals surface area (Å²) in [5.41, 5.74) is 0.829. The number of esters is 2. The van der Waals surface area contributed by atoms with Gasteiger partial charge in [-0.3, -0.25) is 19.2 Å². The van der Waals surface area contributed by atoms with Gasteiger partial charge in [-0.2, -0.15) is 0 Å². The molecular formula is C67H97N5O13. The van der Waals surface area contributed by atoms with E-state index in [0.29, 0.717) is 38.5 Å². The number of cyclic esters (lactones) is 2. The van der Waals surface area contributed by atoms with Crippen molar-refractivity contribution in [2.24, 2.45) is 22.7 Å². The molecule has 0 spiro atoms. The molecule has 85 heavy (non-hydrogen) atoms. The second-order valence-corrected chi connectivity index (χ2v) is 23.2. The summed E-state index contributed by atoms with van der Waals surface area (Å²) in [6, 6.07) is -1.61. The third kappa shape index (κ3) is 32.1. The molecule has 2 heterocycles. The van der Waals surface area contributed by atoms with Gasteiger partial charge in [0.1, 0.15) is 30.4 Å². The van der Waals surface area contributed by atoms with Crippen LogP contribution < -0.4 is 26.6 Å². The van der Waals surface area contributed by atoms with Crippen LogP contribution in [0.3, 0.4) is 0 Å². The van der Waals surface area contributed by atoms with Crippen molar-refractivity contribution in [1.29, 1.82) is 0 Å². The number of nitrogens with one attached hydrogen (secondary N) is 5. The fourth-order valence-electron chi connectivity index (χ4n) is 8.15. The standard InChI is InChI=1S/C34H49N3O7.C33H48N2O6/c1-10-11-16-26(43-33(41)36-23(2)3)17-14-21-35-31(39)30(34(6,7)8)37-29(38)18-13-12-15-24(4)22-25(5)27-19-20-28(42-9)32(40)44-27;1-10-11-16-26(40-23(2)3)17-14-21-34-31(37)30(33(6,7)8)35-29(36)18-13-12-15-24(4)22-25(5)27-19-20-28(39-9)32(38)41-27/h12-15,18,20-23,25-27,30H,16-17,19H2,1-9H3,(H,35,39)(H,36,41)(H,37,38);12-15,18,20-23,25-27,30H,16-17,19H2,1-9H3,(H,34,37)(H,35,36)/b2*15-12-,18-13-,21-14-,24-22+/t2*25-,26-,27-,30+/m00/s1. The molecule has 468 valence electrons. The Morgan fingerprint density at radius 3 is 1.35 bits per heavy atom. The van der Waals surface area contributed by atoms with Gasteiger partial charge in [0, 0.05) is 62.1 Å². The number of rotatable bonds is 28. The molecule has 2 rings (SSSR count). The predicted molar refractivity (Wildman–Crippen MR) is 333 cm³/mol. The SMILES string of the molecule is CC#CC[C@@H](C/C=C\NC(=O)[C@@H](NC(=O)\C=C/C=C\C(C)=C\[C@H](C)[C@@H]1CC=C(OC)C(=O)O1)C(C)(C)C)OC(=O)NC(C)C.CC#CC[C@@H](C/C=C\NC(=O)[C@@H](NC(=O)\C=C/C=C\C(C)=C\[C@H](C)[C@@H]1CC=C(OC)C(=O)O1)C(C)(C)C)OC(C)C. The zero-order valence-electron chi connectivity index (χ0n) is 53.6. The maximum Gasteiger partial charge on any atom is 0.407 e. The highest BCUT2D eigenvalue weighted by atomic mass is 16.6. The lowest BCUT2D eigenvalue weighted by Gasteiger charge is -2.29. The fraction of sp³-hybridized carbons (Fsp3) is 0.537. The number of carbonyl (C=O) groups excluding carboxylic acids is 7. The Morgan fingerprint density at radius 2 is 1.00 bits per heavy atom. The van der Waals surface area contributed by atoms with Gasteiger partial charge in [0.05, 0.1) is 26.4 Å². The van der Waals surface area contributed by atoms with E-state index in [4.69, 9.17) is 28.4 Å². The van der Waals surface area contributed by atoms with Crippen LogP contribution in [-0.4, -0.2) is 105 Å². The molecule has 5 amide bonds. The Balaban J connectivity index is 0.000000852. The van der Waals surface area contributed by atoms with Gasteiger partial charge < -0.3 is 55.0 Å². The average molecular weight is 1180 g/mol. The average Bonchev–Trinajstić information content (AvgIpc) is 3.61. The van der Waals surface area contributed by atoms with E-state index in [0.717, 1.165) is 11.1 Å². The van der Waals surface area contributed by atoms with Crippen molar-refractivity contribution >= 4 is 41.7 Å². The Bertz CT molecular complexity index is 2670. The second-order valence-electron chi connectivity index (χ2n) is 23.2. The molecule has 0 aromatic rings. The number of methoxy groups -OCH3 is 2. The van der Waals surface area contributed by atoms with Crippen molar-refractivity contribution in [3.8, 4) is 23.7 Å². The van der Waals surface area contributed by atoms with Crippen LogP contribution in [-0.2, 0) is 57.2 Å². The number of hydrogen-bond acceptors (Lipinski definition) is 13. The minimum atomic E-state index is -0.809. The van der Waals surface area contributed by atoms with E-state index < -0.39 is 53.0 Å². The van der Waals surface area contributed by atoms with Gasteiger partial charge in [-0.25, -0.2) is 14.4 Å². The molecular weight excluding hydrogens is 1080 g/mol. The van der Waals surface area contributed by atoms with Crippen LogP contribution in [0.25, 0.3) is 0 Å². The normalized spacial score (nSPS) is 18.1. The quantitative estimate of drug-likeness (QED) is 0.0161. The zero-order valence-corrected chi connectivity index (χ0v) is 53.6. The first-order valence-corrected chi connectivity index (χ1v) is 28.9. The molecule has 18 heteroatoms. The van der Waals surface area contributed by atoms with Crippen LogP contribution in [0.1, 0.15) is 149 Å². The van der Waals surface area contributed by atoms with Crippen molar-refractivity contribution in [3.63, 3.8) is 0 Å². The lowest BCUT2D eigenvalue weighted by molar-refractivity contribution is -0.152. The number of hydrogen-bond donors (Lipinski definition) is 5. The van der Waals surface area contributed by atoms with Gasteiger partial charge in [0.25, 0.3) is 0 Å². The van der Waals surface area contributed by atoms with Crippen LogP contribution in [0.5, 0.6) is 0 Å². The maximum absolute atomic E-state index is 13.0. The summed E-state index contributed by atoms with van der Waals surface area (Å²) in [6.07, 6.45) is 28.8. The van der Waals surface area contributed by atoms with Crippen LogP contribution in [0.2, 0.25) is 0 Å². The fourth-order valence-corrected chi connectivity index (χ4v) is 8.15. The van der Waals surface area contributed by atoms with Gasteiger partial charge in [-0.1, -0.05) is 133 Å². The zero-order chi connectivity index (χ0) is 64.3. The van der Waals surface area contributed by atoms with Crippen molar-refractivity contribution in [1.82, 2.24) is 26.6 Å². The van der Waals surface area contributed by atoms with Gasteiger partial charge in [0.15, 0.2) is 11.5 Å². The van der Waals surface area contributed by atoms with E-state index >= 15 is 0 Å². The monoisotopic (exact) mass is 1180 g/mol. The molecule has 2 aliphatic heterocycles. The molecule has 0 bridgehead atoms. The van der Waals surface area contributed by atoms with Crippen LogP contribution >= 0.6 is 0 Å². The van der Waals surface area contributed by atoms with Gasteiger partial charge >= 0.3 is 18.0 Å². The van der Waals surface area contributed by atoms with E-state index in [-0.39, 0.29) is 71.5 Å². The topological polar surface area (TPSA) is 235 Å². The van der Waals surface area contributed by atoms with Crippen molar-refractivity contribution in [2.45, 2.75) is 198 Å². The molecule has 0 aromatic heterocycles. The van der Waals surface area contributed by atoms with Crippen molar-refractivity contribution in [3.05, 3.63) is 120 Å². The number of allylic oxidation sites excluding steroid dienone is 8. The molecule has 5 N–H and O–H groups in total. The minimum Gasteiger partial charge on any atom is -0.490 e. The molecule has 0 saturated carbocycles. The van der Waals surface area contributed by atoms with E-state index in [1.165, 1.54) is 32.6 Å². The molecule has 0 saturated heterocycles. The predicted octanol–water partition coefficient (Wildman–Crippen LogP) is 10.3. The lowest BCUT2D eigenvalue weighted by atomic mass is 9.86. The van der Waals surface area contributed by atoms with Gasteiger partial charge in [-0.15, -0.1) is 17.8 Å². The van der Waals surface area contributed by atoms with E-state index in [9.17, 15) is 33.6 Å². The summed E-state index contributed by atoms with van der Waals surface area (Å²) >= 11 is 0. The third-order valence-corrected chi connectivity index (χ3v) is 12.6. The van der Waals surface area contributed by atoms with E-state index in [1.807, 2.05) is 127 Å². The van der Waals surface area contributed by atoms with Crippen molar-refractivity contribution in [2.75, 3.05) is 14.2 Å². The number of carbonyl (C=O) groups is 7. The number of ether oxygens (including phenoxy) is 6. The summed E-state index contributed by atoms with van der Waals surface area (Å²) in [7, 11) is 2.88. The Kier molecular flexibility index (Phi) is 35.1. The molecule has 8 atom stereocenters. The van der Waals surface area contributed by atoms with Gasteiger partial charge in [-0.05, 0) is 97.2 Å². The van der Waals surface area contributed by atoms with E-state index in [1.54, 1.807) is 62.6 Å². The highest BCUT2D eigenvalue weighted by Gasteiger charge is 2.34. The van der Waals surface area contributed by atoms with Crippen LogP contribution in [0.4, 0.5) is 4.79 Å². The highest BCUT2D eigenvalue weighted by Crippen LogP contribution is 2.25. The van der Waals surface area contributed by atoms with Crippen LogP contribution in [0.15, 0.2) is 120 Å². The van der Waals surface area contributed by atoms with Gasteiger partial charge in [0.2, 0.25) is 23.6 Å². The molecule has 0 aliphatic carbocycles. The largest absolute Gasteiger partial charge is 0.490 e. The minimum absolute atomic E-state index is 0.00396. The Morgan fingerprint density at radius 1 is 0.612 bits per heavy atom. The summed E-state index contributed by atoms with van der Waals surface area (Å²) in [6.45, 7) is 30.2. The molecule has 0 fully saturated rings. The van der Waals surface area contributed by atoms with Crippen LogP contribution in [0, 0.1) is 46.3 Å². The molecule has 0 unspecified atom stereocenters. The molecule has 0 radical (unpaired) electrons. The second kappa shape index (κ2) is 39.7. The molecule has 2 aliphatic rings. The number of alkyl carbamates (subject to hydrolysis) is 1. The maximum atomic E-state index is 13.0. The summed E-state index contributed by atoms with van der Waals surface area (Å²) in [5.74, 6) is 9.68. The number of amides is 5. The summed E-state index contributed by atoms with van der Waals surface area (Å²) in [4.78, 5) is 86.9. The third-order valence-electron chi connectivity index (χ3n) is 12.6. The van der Waals surface area contributed by atoms with E-state index in [2.05, 4.69) is 50.3 Å². The molecule has 18 nitrogen and oxygen atoms in total. The van der Waals surface area contributed by atoms with Crippen molar-refractivity contribution < 1.29 is 62.0 Å². The Hall–Kier alpha value is -7.83. The first-order valence-electron chi connectivity index (χ1n) is 28.9. The summed E-state index contributed by atoms with van der Waals surface area (Å²) < 4.78 is 32.2. The smallest absolute Gasteiger partial charge is 0.407 e. The Labute approximate surface area is 506 Å².